The van der Waals surface area contributed by atoms with Gasteiger partial charge < -0.3 is 14.9 Å². The summed E-state index contributed by atoms with van der Waals surface area (Å²) in [5, 5.41) is 4.45. The minimum absolute atomic E-state index is 0.0803. The Kier molecular flexibility index (Phi) is 5.51. The highest BCUT2D eigenvalue weighted by atomic mass is 16.1. The number of hydrogen-bond acceptors (Lipinski definition) is 4. The van der Waals surface area contributed by atoms with E-state index in [2.05, 4.69) is 50.5 Å². The number of carbonyl (C=O) groups is 1. The van der Waals surface area contributed by atoms with Crippen LogP contribution in [-0.4, -0.2) is 44.9 Å². The van der Waals surface area contributed by atoms with Crippen LogP contribution in [0.5, 0.6) is 0 Å². The first kappa shape index (κ1) is 20.9. The number of anilines is 1. The summed E-state index contributed by atoms with van der Waals surface area (Å²) in [4.78, 5) is 23.3. The first-order valence-electron chi connectivity index (χ1n) is 12.2. The van der Waals surface area contributed by atoms with Crippen LogP contribution in [0.25, 0.3) is 28.2 Å². The number of nitrogens with zero attached hydrogens (tertiary/aromatic N) is 3. The zero-order valence-electron chi connectivity index (χ0n) is 19.3. The third kappa shape index (κ3) is 4.17. The zero-order chi connectivity index (χ0) is 22.9. The molecule has 0 spiro atoms. The molecule has 2 aliphatic heterocycles. The molecule has 2 aromatic carbocycles. The number of likely N-dealkylation sites (tertiary alicyclic amines) is 1. The Morgan fingerprint density at radius 1 is 0.971 bits per heavy atom. The first-order chi connectivity index (χ1) is 16.7. The molecule has 0 atom stereocenters. The van der Waals surface area contributed by atoms with Gasteiger partial charge in [-0.05, 0) is 74.0 Å². The maximum atomic E-state index is 13.1. The summed E-state index contributed by atoms with van der Waals surface area (Å²) in [5.74, 6) is 0.0803. The standard InChI is InChI=1S/C28H29N5O/c34-28-17-30-25-8-6-23(33-12-9-29-19-33)14-22(25)15-24(28)27-16-21-13-20(5-7-26(21)31-27)18-32-10-3-1-2-4-11-32/h5-9,12-16,19,30-31H,1-4,10-11,17-18H2. The molecule has 0 radical (unpaired) electrons. The first-order valence-corrected chi connectivity index (χ1v) is 12.2. The Labute approximate surface area is 199 Å². The van der Waals surface area contributed by atoms with Crippen LogP contribution in [0.4, 0.5) is 5.69 Å². The summed E-state index contributed by atoms with van der Waals surface area (Å²) < 4.78 is 1.97. The quantitative estimate of drug-likeness (QED) is 0.444. The van der Waals surface area contributed by atoms with Crippen molar-refractivity contribution in [1.82, 2.24) is 19.4 Å². The van der Waals surface area contributed by atoms with Gasteiger partial charge in [-0.15, -0.1) is 0 Å². The minimum Gasteiger partial charge on any atom is -0.377 e. The monoisotopic (exact) mass is 451 g/mol. The van der Waals surface area contributed by atoms with Gasteiger partial charge in [-0.1, -0.05) is 18.9 Å². The van der Waals surface area contributed by atoms with Gasteiger partial charge >= 0.3 is 0 Å². The third-order valence-corrected chi connectivity index (χ3v) is 6.96. The highest BCUT2D eigenvalue weighted by Crippen LogP contribution is 2.30. The maximum absolute atomic E-state index is 13.1. The Morgan fingerprint density at radius 2 is 1.85 bits per heavy atom. The van der Waals surface area contributed by atoms with Crippen LogP contribution >= 0.6 is 0 Å². The molecule has 2 aliphatic rings. The van der Waals surface area contributed by atoms with Crippen molar-refractivity contribution in [1.29, 1.82) is 0 Å². The molecule has 0 saturated carbocycles. The third-order valence-electron chi connectivity index (χ3n) is 6.96. The topological polar surface area (TPSA) is 66.0 Å². The second-order valence-electron chi connectivity index (χ2n) is 9.37. The fraction of sp³-hybridized carbons (Fsp3) is 0.286. The van der Waals surface area contributed by atoms with Gasteiger partial charge in [0.05, 0.1) is 18.6 Å². The van der Waals surface area contributed by atoms with Crippen molar-refractivity contribution < 1.29 is 4.79 Å². The minimum atomic E-state index is 0.0803. The van der Waals surface area contributed by atoms with Crippen molar-refractivity contribution >= 4 is 34.0 Å². The SMILES string of the molecule is O=C1CNc2ccc(-n3ccnc3)cc2C=C1c1cc2cc(CN3CCCCCC3)ccc2[nH]1. The van der Waals surface area contributed by atoms with E-state index in [1.54, 1.807) is 12.5 Å². The zero-order valence-corrected chi connectivity index (χ0v) is 19.3. The molecule has 6 nitrogen and oxygen atoms in total. The Balaban J connectivity index is 1.33. The van der Waals surface area contributed by atoms with Crippen LogP contribution in [0, 0.1) is 0 Å². The van der Waals surface area contributed by atoms with Gasteiger partial charge in [0.25, 0.3) is 0 Å². The molecule has 4 heterocycles. The molecule has 0 bridgehead atoms. The lowest BCUT2D eigenvalue weighted by Gasteiger charge is -2.19. The predicted octanol–water partition coefficient (Wildman–Crippen LogP) is 5.26. The number of carbonyl (C=O) groups excluding carboxylic acids is 1. The highest BCUT2D eigenvalue weighted by Gasteiger charge is 2.20. The number of ketones is 1. The molecule has 0 unspecified atom stereocenters. The number of rotatable bonds is 4. The van der Waals surface area contributed by atoms with Crippen LogP contribution < -0.4 is 5.32 Å². The lowest BCUT2D eigenvalue weighted by molar-refractivity contribution is -0.112. The summed E-state index contributed by atoms with van der Waals surface area (Å²) in [6.45, 7) is 3.64. The van der Waals surface area contributed by atoms with E-state index in [1.165, 1.54) is 44.3 Å². The number of H-pyrrole nitrogens is 1. The van der Waals surface area contributed by atoms with Crippen molar-refractivity contribution in [3.05, 3.63) is 78.0 Å². The molecule has 0 amide bonds. The van der Waals surface area contributed by atoms with Crippen molar-refractivity contribution in [2.24, 2.45) is 0 Å². The Morgan fingerprint density at radius 3 is 2.68 bits per heavy atom. The number of aromatic amines is 1. The van der Waals surface area contributed by atoms with Gasteiger partial charge in [-0.3, -0.25) is 9.69 Å². The molecular weight excluding hydrogens is 422 g/mol. The van der Waals surface area contributed by atoms with Crippen LogP contribution in [0.15, 0.2) is 61.2 Å². The van der Waals surface area contributed by atoms with Crippen LogP contribution in [-0.2, 0) is 11.3 Å². The molecule has 6 rings (SSSR count). The summed E-state index contributed by atoms with van der Waals surface area (Å²) in [7, 11) is 0. The summed E-state index contributed by atoms with van der Waals surface area (Å²) in [5.41, 5.74) is 6.94. The molecule has 0 aliphatic carbocycles. The maximum Gasteiger partial charge on any atom is 0.183 e. The van der Waals surface area contributed by atoms with E-state index >= 15 is 0 Å². The molecule has 2 aromatic heterocycles. The fourth-order valence-electron chi connectivity index (χ4n) is 5.12. The predicted molar refractivity (Wildman–Crippen MR) is 137 cm³/mol. The van der Waals surface area contributed by atoms with Crippen molar-refractivity contribution in [3.63, 3.8) is 0 Å². The lowest BCUT2D eigenvalue weighted by atomic mass is 10.0. The highest BCUT2D eigenvalue weighted by molar-refractivity contribution is 6.28. The van der Waals surface area contributed by atoms with E-state index in [0.717, 1.165) is 40.1 Å². The van der Waals surface area contributed by atoms with Gasteiger partial charge in [0, 0.05) is 52.4 Å². The summed E-state index contributed by atoms with van der Waals surface area (Å²) in [6, 6.07) is 14.9. The van der Waals surface area contributed by atoms with Crippen LogP contribution in [0.3, 0.4) is 0 Å². The second-order valence-corrected chi connectivity index (χ2v) is 9.37. The van der Waals surface area contributed by atoms with Gasteiger partial charge in [-0.25, -0.2) is 4.98 Å². The molecule has 2 N–H and O–H groups in total. The van der Waals surface area contributed by atoms with E-state index in [0.29, 0.717) is 5.57 Å². The molecule has 1 fully saturated rings. The van der Waals surface area contributed by atoms with Crippen LogP contribution in [0.1, 0.15) is 42.5 Å². The smallest absolute Gasteiger partial charge is 0.183 e. The Hall–Kier alpha value is -3.64. The molecule has 172 valence electrons. The summed E-state index contributed by atoms with van der Waals surface area (Å²) in [6.07, 6.45) is 12.8. The number of hydrogen-bond donors (Lipinski definition) is 2. The molecule has 6 heteroatoms. The molecule has 4 aromatic rings. The van der Waals surface area contributed by atoms with Gasteiger partial charge in [-0.2, -0.15) is 0 Å². The van der Waals surface area contributed by atoms with E-state index in [1.807, 2.05) is 29.0 Å². The molecular formula is C28H29N5O. The number of benzene rings is 2. The largest absolute Gasteiger partial charge is 0.377 e. The Bertz CT molecular complexity index is 1360. The van der Waals surface area contributed by atoms with Gasteiger partial charge in [0.2, 0.25) is 0 Å². The van der Waals surface area contributed by atoms with E-state index in [-0.39, 0.29) is 12.3 Å². The van der Waals surface area contributed by atoms with Crippen molar-refractivity contribution in [3.8, 4) is 5.69 Å². The fourth-order valence-corrected chi connectivity index (χ4v) is 5.12. The van der Waals surface area contributed by atoms with E-state index < -0.39 is 0 Å². The van der Waals surface area contributed by atoms with Crippen molar-refractivity contribution in [2.45, 2.75) is 32.2 Å². The van der Waals surface area contributed by atoms with Crippen molar-refractivity contribution in [2.75, 3.05) is 25.0 Å². The average molecular weight is 452 g/mol. The number of imidazole rings is 1. The number of fused-ring (bicyclic) bond motifs is 2. The number of Topliss-reactive ketones (excluding diaryl/α,β-unsaturated/α-hetero) is 1. The normalized spacial score (nSPS) is 17.1. The second kappa shape index (κ2) is 8.95. The van der Waals surface area contributed by atoms with Gasteiger partial charge in [0.15, 0.2) is 5.78 Å². The molecule has 34 heavy (non-hydrogen) atoms. The summed E-state index contributed by atoms with van der Waals surface area (Å²) >= 11 is 0. The van der Waals surface area contributed by atoms with E-state index in [9.17, 15) is 4.79 Å². The van der Waals surface area contributed by atoms with Gasteiger partial charge in [0.1, 0.15) is 0 Å². The van der Waals surface area contributed by atoms with E-state index in [4.69, 9.17) is 0 Å². The van der Waals surface area contributed by atoms with Crippen LogP contribution in [0.2, 0.25) is 0 Å². The molecule has 1 saturated heterocycles. The average Bonchev–Trinajstić information content (AvgIpc) is 3.42. The number of aromatic nitrogens is 3. The lowest BCUT2D eigenvalue weighted by Crippen LogP contribution is -2.23. The number of nitrogens with one attached hydrogen (secondary N) is 2.